The van der Waals surface area contributed by atoms with Gasteiger partial charge in [0.15, 0.2) is 11.6 Å². The van der Waals surface area contributed by atoms with Crippen LogP contribution in [0.2, 0.25) is 0 Å². The zero-order valence-electron chi connectivity index (χ0n) is 9.88. The molecule has 2 nitrogen and oxygen atoms in total. The van der Waals surface area contributed by atoms with E-state index in [0.717, 1.165) is 25.3 Å². The fourth-order valence-corrected chi connectivity index (χ4v) is 2.38. The van der Waals surface area contributed by atoms with Gasteiger partial charge in [-0.15, -0.1) is 0 Å². The van der Waals surface area contributed by atoms with Crippen LogP contribution in [0.3, 0.4) is 0 Å². The second kappa shape index (κ2) is 4.70. The quantitative estimate of drug-likeness (QED) is 0.878. The summed E-state index contributed by atoms with van der Waals surface area (Å²) in [7, 11) is 1.63. The van der Waals surface area contributed by atoms with Crippen LogP contribution in [-0.4, -0.2) is 18.8 Å². The zero-order valence-corrected chi connectivity index (χ0v) is 9.88. The second-order valence-electron chi connectivity index (χ2n) is 4.65. The van der Waals surface area contributed by atoms with Crippen LogP contribution in [0.15, 0.2) is 18.2 Å². The van der Waals surface area contributed by atoms with Crippen molar-refractivity contribution in [3.63, 3.8) is 0 Å². The Balaban J connectivity index is 2.13. The minimum atomic E-state index is -0.824. The molecule has 1 saturated carbocycles. The van der Waals surface area contributed by atoms with Crippen molar-refractivity contribution in [2.24, 2.45) is 5.73 Å². The van der Waals surface area contributed by atoms with Crippen molar-refractivity contribution < 1.29 is 13.5 Å². The largest absolute Gasteiger partial charge is 0.377 e. The Morgan fingerprint density at radius 1 is 1.41 bits per heavy atom. The van der Waals surface area contributed by atoms with E-state index in [0.29, 0.717) is 12.0 Å². The van der Waals surface area contributed by atoms with Crippen LogP contribution >= 0.6 is 0 Å². The molecule has 2 rings (SSSR count). The highest BCUT2D eigenvalue weighted by Gasteiger charge is 2.42. The molecule has 0 aromatic heterocycles. The van der Waals surface area contributed by atoms with Gasteiger partial charge in [0.2, 0.25) is 0 Å². The maximum absolute atomic E-state index is 13.5. The topological polar surface area (TPSA) is 35.2 Å². The third-order valence-corrected chi connectivity index (χ3v) is 3.75. The van der Waals surface area contributed by atoms with E-state index in [1.165, 1.54) is 6.07 Å². The first-order chi connectivity index (χ1) is 8.09. The molecule has 0 saturated heterocycles. The smallest absolute Gasteiger partial charge is 0.162 e. The SMILES string of the molecule is COC1(C(N)Cc2cccc(F)c2F)CCC1. The zero-order chi connectivity index (χ0) is 12.5. The Morgan fingerprint density at radius 3 is 2.65 bits per heavy atom. The molecule has 2 N–H and O–H groups in total. The summed E-state index contributed by atoms with van der Waals surface area (Å²) >= 11 is 0. The summed E-state index contributed by atoms with van der Waals surface area (Å²) in [6.45, 7) is 0. The van der Waals surface area contributed by atoms with E-state index in [4.69, 9.17) is 10.5 Å². The van der Waals surface area contributed by atoms with Crippen LogP contribution in [0.25, 0.3) is 0 Å². The van der Waals surface area contributed by atoms with Crippen LogP contribution in [0.4, 0.5) is 8.78 Å². The number of hydrogen-bond donors (Lipinski definition) is 1. The van der Waals surface area contributed by atoms with Gasteiger partial charge in [-0.3, -0.25) is 0 Å². The van der Waals surface area contributed by atoms with Crippen LogP contribution in [0.1, 0.15) is 24.8 Å². The van der Waals surface area contributed by atoms with Gasteiger partial charge in [-0.05, 0) is 37.3 Å². The Hall–Kier alpha value is -1.00. The van der Waals surface area contributed by atoms with Crippen LogP contribution in [0, 0.1) is 11.6 Å². The van der Waals surface area contributed by atoms with Crippen molar-refractivity contribution in [1.82, 2.24) is 0 Å². The van der Waals surface area contributed by atoms with Crippen molar-refractivity contribution in [2.45, 2.75) is 37.3 Å². The summed E-state index contributed by atoms with van der Waals surface area (Å²) in [5, 5.41) is 0. The van der Waals surface area contributed by atoms with E-state index < -0.39 is 11.6 Å². The number of ether oxygens (including phenoxy) is 1. The van der Waals surface area contributed by atoms with Gasteiger partial charge in [0.25, 0.3) is 0 Å². The Labute approximate surface area is 99.8 Å². The first-order valence-electron chi connectivity index (χ1n) is 5.83. The highest BCUT2D eigenvalue weighted by Crippen LogP contribution is 2.38. The van der Waals surface area contributed by atoms with Gasteiger partial charge in [-0.1, -0.05) is 12.1 Å². The number of rotatable bonds is 4. The van der Waals surface area contributed by atoms with Crippen LogP contribution < -0.4 is 5.73 Å². The van der Waals surface area contributed by atoms with Crippen molar-refractivity contribution in [3.8, 4) is 0 Å². The average Bonchev–Trinajstić information content (AvgIpc) is 2.24. The predicted molar refractivity (Wildman–Crippen MR) is 61.6 cm³/mol. The highest BCUT2D eigenvalue weighted by molar-refractivity contribution is 5.21. The molecular weight excluding hydrogens is 224 g/mol. The summed E-state index contributed by atoms with van der Waals surface area (Å²) in [5.41, 5.74) is 6.03. The third-order valence-electron chi connectivity index (χ3n) is 3.75. The molecule has 1 aromatic rings. The molecule has 1 aromatic carbocycles. The van der Waals surface area contributed by atoms with Crippen molar-refractivity contribution in [3.05, 3.63) is 35.4 Å². The van der Waals surface area contributed by atoms with Crippen molar-refractivity contribution in [2.75, 3.05) is 7.11 Å². The number of methoxy groups -OCH3 is 1. The molecule has 1 aliphatic carbocycles. The van der Waals surface area contributed by atoms with Crippen LogP contribution in [-0.2, 0) is 11.2 Å². The molecule has 0 radical (unpaired) electrons. The Morgan fingerprint density at radius 2 is 2.12 bits per heavy atom. The number of halogens is 2. The van der Waals surface area contributed by atoms with Gasteiger partial charge < -0.3 is 10.5 Å². The molecule has 0 heterocycles. The van der Waals surface area contributed by atoms with Gasteiger partial charge in [-0.25, -0.2) is 8.78 Å². The van der Waals surface area contributed by atoms with E-state index >= 15 is 0 Å². The standard InChI is InChI=1S/C13H17F2NO/c1-17-13(6-3-7-13)11(16)8-9-4-2-5-10(14)12(9)15/h2,4-5,11H,3,6-8,16H2,1H3. The average molecular weight is 241 g/mol. The molecule has 17 heavy (non-hydrogen) atoms. The van der Waals surface area contributed by atoms with Gasteiger partial charge in [0, 0.05) is 13.2 Å². The highest BCUT2D eigenvalue weighted by atomic mass is 19.2. The third kappa shape index (κ3) is 2.19. The molecule has 0 spiro atoms. The maximum atomic E-state index is 13.5. The molecule has 94 valence electrons. The van der Waals surface area contributed by atoms with Gasteiger partial charge in [0.1, 0.15) is 0 Å². The molecule has 1 atom stereocenters. The lowest BCUT2D eigenvalue weighted by atomic mass is 9.73. The molecular formula is C13H17F2NO. The van der Waals surface area contributed by atoms with Crippen LogP contribution in [0.5, 0.6) is 0 Å². The van der Waals surface area contributed by atoms with Gasteiger partial charge >= 0.3 is 0 Å². The summed E-state index contributed by atoms with van der Waals surface area (Å²) in [5.74, 6) is -1.62. The summed E-state index contributed by atoms with van der Waals surface area (Å²) in [4.78, 5) is 0. The minimum absolute atomic E-state index is 0.294. The van der Waals surface area contributed by atoms with E-state index in [2.05, 4.69) is 0 Å². The Kier molecular flexibility index (Phi) is 3.45. The second-order valence-corrected chi connectivity index (χ2v) is 4.65. The lowest BCUT2D eigenvalue weighted by Gasteiger charge is -2.45. The summed E-state index contributed by atoms with van der Waals surface area (Å²) < 4.78 is 32.0. The molecule has 1 aliphatic rings. The van der Waals surface area contributed by atoms with Gasteiger partial charge in [0.05, 0.1) is 5.60 Å². The molecule has 1 fully saturated rings. The molecule has 1 unspecified atom stereocenters. The normalized spacial score (nSPS) is 19.8. The minimum Gasteiger partial charge on any atom is -0.377 e. The first-order valence-corrected chi connectivity index (χ1v) is 5.83. The van der Waals surface area contributed by atoms with Crippen molar-refractivity contribution >= 4 is 0 Å². The fourth-order valence-electron chi connectivity index (χ4n) is 2.38. The maximum Gasteiger partial charge on any atom is 0.162 e. The predicted octanol–water partition coefficient (Wildman–Crippen LogP) is 2.40. The summed E-state index contributed by atoms with van der Waals surface area (Å²) in [6, 6.07) is 3.89. The Bertz CT molecular complexity index is 399. The fraction of sp³-hybridized carbons (Fsp3) is 0.538. The monoisotopic (exact) mass is 241 g/mol. The number of benzene rings is 1. The van der Waals surface area contributed by atoms with E-state index in [1.54, 1.807) is 13.2 Å². The lowest BCUT2D eigenvalue weighted by molar-refractivity contribution is -0.0898. The molecule has 4 heteroatoms. The number of nitrogens with two attached hydrogens (primary N) is 1. The van der Waals surface area contributed by atoms with E-state index in [9.17, 15) is 8.78 Å². The van der Waals surface area contributed by atoms with Crippen molar-refractivity contribution in [1.29, 1.82) is 0 Å². The van der Waals surface area contributed by atoms with Gasteiger partial charge in [-0.2, -0.15) is 0 Å². The molecule has 0 bridgehead atoms. The van der Waals surface area contributed by atoms with E-state index in [-0.39, 0.29) is 11.6 Å². The molecule has 0 amide bonds. The lowest BCUT2D eigenvalue weighted by Crippen LogP contribution is -2.55. The summed E-state index contributed by atoms with van der Waals surface area (Å²) in [6.07, 6.45) is 3.16. The first kappa shape index (κ1) is 12.5. The number of hydrogen-bond acceptors (Lipinski definition) is 2. The molecule has 0 aliphatic heterocycles. The van der Waals surface area contributed by atoms with E-state index in [1.807, 2.05) is 0 Å².